The monoisotopic (exact) mass is 163 g/mol. The molecule has 0 aromatic rings. The Bertz CT molecular complexity index is 67.0. The molecule has 0 saturated carbocycles. The van der Waals surface area contributed by atoms with Crippen LogP contribution in [-0.2, 0) is 4.84 Å². The fraction of sp³-hybridized carbons (Fsp3) is 1.00. The van der Waals surface area contributed by atoms with Gasteiger partial charge >= 0.3 is 0 Å². The van der Waals surface area contributed by atoms with E-state index in [9.17, 15) is 0 Å². The Morgan fingerprint density at radius 1 is 1.18 bits per heavy atom. The summed E-state index contributed by atoms with van der Waals surface area (Å²) in [4.78, 5) is 4.04. The maximum absolute atomic E-state index is 4.53. The predicted molar refractivity (Wildman–Crippen MR) is 49.0 cm³/mol. The molecule has 3 heteroatoms. The molecule has 0 fully saturated rings. The highest BCUT2D eigenvalue weighted by Gasteiger charge is 2.01. The van der Waals surface area contributed by atoms with Crippen LogP contribution in [0, 0.1) is 0 Å². The molecule has 70 valence electrons. The standard InChI is InChI=1S/C6H16N.C2H7NO/c1-5-6-7(2,3)4;1-2-4-3/h5-6H2,1-4H3;2-3H2,1H3/q+1;. The minimum Gasteiger partial charge on any atom is -0.331 e. The highest BCUT2D eigenvalue weighted by atomic mass is 16.6. The van der Waals surface area contributed by atoms with Crippen LogP contribution in [0.25, 0.3) is 0 Å². The van der Waals surface area contributed by atoms with E-state index in [1.807, 2.05) is 6.92 Å². The molecule has 0 atom stereocenters. The topological polar surface area (TPSA) is 35.2 Å². The van der Waals surface area contributed by atoms with Crippen LogP contribution in [0.15, 0.2) is 0 Å². The molecule has 0 aromatic heterocycles. The summed E-state index contributed by atoms with van der Waals surface area (Å²) in [5.41, 5.74) is 0. The van der Waals surface area contributed by atoms with Crippen molar-refractivity contribution in [1.82, 2.24) is 0 Å². The van der Waals surface area contributed by atoms with Crippen LogP contribution in [-0.4, -0.2) is 38.8 Å². The Kier molecular flexibility index (Phi) is 9.77. The van der Waals surface area contributed by atoms with Crippen LogP contribution in [0.5, 0.6) is 0 Å². The van der Waals surface area contributed by atoms with Crippen LogP contribution in [0.4, 0.5) is 0 Å². The molecule has 0 aromatic carbocycles. The van der Waals surface area contributed by atoms with Gasteiger partial charge in [-0.05, 0) is 13.3 Å². The Morgan fingerprint density at radius 3 is 1.55 bits per heavy atom. The lowest BCUT2D eigenvalue weighted by Crippen LogP contribution is -2.34. The molecule has 11 heavy (non-hydrogen) atoms. The quantitative estimate of drug-likeness (QED) is 0.497. The van der Waals surface area contributed by atoms with Gasteiger partial charge in [0.1, 0.15) is 0 Å². The molecule has 0 aliphatic heterocycles. The van der Waals surface area contributed by atoms with E-state index in [1.165, 1.54) is 13.0 Å². The first-order chi connectivity index (χ1) is 4.97. The van der Waals surface area contributed by atoms with Gasteiger partial charge in [0.25, 0.3) is 0 Å². The second-order valence-electron chi connectivity index (χ2n) is 3.47. The predicted octanol–water partition coefficient (Wildman–Crippen LogP) is 0.999. The van der Waals surface area contributed by atoms with Crippen molar-refractivity contribution in [2.45, 2.75) is 20.3 Å². The largest absolute Gasteiger partial charge is 0.331 e. The van der Waals surface area contributed by atoms with E-state index >= 15 is 0 Å². The molecular weight excluding hydrogens is 140 g/mol. The van der Waals surface area contributed by atoms with Crippen molar-refractivity contribution in [3.05, 3.63) is 0 Å². The van der Waals surface area contributed by atoms with Gasteiger partial charge in [-0.3, -0.25) is 0 Å². The molecule has 0 amide bonds. The van der Waals surface area contributed by atoms with Crippen LogP contribution < -0.4 is 5.90 Å². The molecule has 0 aliphatic rings. The van der Waals surface area contributed by atoms with Crippen molar-refractivity contribution in [2.24, 2.45) is 5.90 Å². The molecule has 0 heterocycles. The normalized spacial score (nSPS) is 10.4. The van der Waals surface area contributed by atoms with E-state index in [4.69, 9.17) is 0 Å². The van der Waals surface area contributed by atoms with Gasteiger partial charge in [-0.25, -0.2) is 5.90 Å². The molecule has 2 N–H and O–H groups in total. The van der Waals surface area contributed by atoms with Crippen molar-refractivity contribution >= 4 is 0 Å². The van der Waals surface area contributed by atoms with Crippen molar-refractivity contribution in [3.63, 3.8) is 0 Å². The van der Waals surface area contributed by atoms with Gasteiger partial charge in [-0.15, -0.1) is 0 Å². The second kappa shape index (κ2) is 7.98. The summed E-state index contributed by atoms with van der Waals surface area (Å²) in [5, 5.41) is 0. The lowest BCUT2D eigenvalue weighted by Gasteiger charge is -2.22. The number of nitrogens with two attached hydrogens (primary N) is 1. The second-order valence-corrected chi connectivity index (χ2v) is 3.47. The smallest absolute Gasteiger partial charge is 0.0777 e. The molecule has 0 saturated heterocycles. The Labute approximate surface area is 70.7 Å². The summed E-state index contributed by atoms with van der Waals surface area (Å²) in [6.07, 6.45) is 1.28. The first-order valence-electron chi connectivity index (χ1n) is 4.10. The van der Waals surface area contributed by atoms with E-state index in [0.29, 0.717) is 6.61 Å². The third-order valence-electron chi connectivity index (χ3n) is 1.06. The number of hydrogen-bond acceptors (Lipinski definition) is 2. The SMILES string of the molecule is CCC[N+](C)(C)C.CCON. The first-order valence-corrected chi connectivity index (χ1v) is 4.10. The van der Waals surface area contributed by atoms with Crippen LogP contribution in [0.3, 0.4) is 0 Å². The Morgan fingerprint density at radius 2 is 1.55 bits per heavy atom. The highest BCUT2D eigenvalue weighted by Crippen LogP contribution is 1.90. The molecule has 0 unspecified atom stereocenters. The summed E-state index contributed by atoms with van der Waals surface area (Å²) in [6.45, 7) is 5.92. The zero-order chi connectivity index (χ0) is 9.33. The van der Waals surface area contributed by atoms with Gasteiger partial charge in [-0.1, -0.05) is 6.92 Å². The van der Waals surface area contributed by atoms with E-state index in [0.717, 1.165) is 4.48 Å². The zero-order valence-electron chi connectivity index (χ0n) is 8.55. The average molecular weight is 163 g/mol. The Balaban J connectivity index is 0. The molecule has 0 bridgehead atoms. The number of rotatable bonds is 3. The molecule has 0 aliphatic carbocycles. The van der Waals surface area contributed by atoms with Crippen LogP contribution in [0.1, 0.15) is 20.3 Å². The van der Waals surface area contributed by atoms with Crippen molar-refractivity contribution in [1.29, 1.82) is 0 Å². The van der Waals surface area contributed by atoms with Crippen LogP contribution >= 0.6 is 0 Å². The van der Waals surface area contributed by atoms with Gasteiger partial charge in [0.15, 0.2) is 0 Å². The Hall–Kier alpha value is -0.120. The van der Waals surface area contributed by atoms with Gasteiger partial charge in [0.05, 0.1) is 34.3 Å². The first kappa shape index (κ1) is 13.5. The summed E-state index contributed by atoms with van der Waals surface area (Å²) in [5.74, 6) is 4.53. The van der Waals surface area contributed by atoms with E-state index in [-0.39, 0.29) is 0 Å². The molecule has 0 rings (SSSR count). The van der Waals surface area contributed by atoms with E-state index in [1.54, 1.807) is 0 Å². The number of nitrogens with zero attached hydrogens (tertiary/aromatic N) is 1. The minimum atomic E-state index is 0.597. The van der Waals surface area contributed by atoms with Crippen molar-refractivity contribution < 1.29 is 9.32 Å². The average Bonchev–Trinajstić information content (AvgIpc) is 1.86. The third kappa shape index (κ3) is 25.8. The van der Waals surface area contributed by atoms with Gasteiger partial charge in [0, 0.05) is 0 Å². The number of hydrogen-bond donors (Lipinski definition) is 1. The number of quaternary nitrogens is 1. The van der Waals surface area contributed by atoms with Crippen LogP contribution in [0.2, 0.25) is 0 Å². The summed E-state index contributed by atoms with van der Waals surface area (Å²) in [6, 6.07) is 0. The lowest BCUT2D eigenvalue weighted by molar-refractivity contribution is -0.870. The molecule has 3 nitrogen and oxygen atoms in total. The van der Waals surface area contributed by atoms with Gasteiger partial charge < -0.3 is 9.32 Å². The van der Waals surface area contributed by atoms with E-state index in [2.05, 4.69) is 38.8 Å². The van der Waals surface area contributed by atoms with Gasteiger partial charge in [-0.2, -0.15) is 0 Å². The lowest BCUT2D eigenvalue weighted by atomic mass is 10.4. The molecule has 0 spiro atoms. The molecular formula is C8H23N2O+. The van der Waals surface area contributed by atoms with Crippen molar-refractivity contribution in [2.75, 3.05) is 34.3 Å². The summed E-state index contributed by atoms with van der Waals surface area (Å²) >= 11 is 0. The third-order valence-corrected chi connectivity index (χ3v) is 1.06. The maximum Gasteiger partial charge on any atom is 0.0777 e. The molecule has 0 radical (unpaired) electrons. The van der Waals surface area contributed by atoms with Gasteiger partial charge in [0.2, 0.25) is 0 Å². The zero-order valence-corrected chi connectivity index (χ0v) is 8.55. The highest BCUT2D eigenvalue weighted by molar-refractivity contribution is 4.20. The fourth-order valence-corrected chi connectivity index (χ4v) is 0.671. The summed E-state index contributed by atoms with van der Waals surface area (Å²) in [7, 11) is 6.64. The minimum absolute atomic E-state index is 0.597. The van der Waals surface area contributed by atoms with E-state index < -0.39 is 0 Å². The summed E-state index contributed by atoms with van der Waals surface area (Å²) < 4.78 is 1.09. The maximum atomic E-state index is 4.53. The fourth-order valence-electron chi connectivity index (χ4n) is 0.671. The van der Waals surface area contributed by atoms with Crippen molar-refractivity contribution in [3.8, 4) is 0 Å².